The van der Waals surface area contributed by atoms with Gasteiger partial charge in [-0.05, 0) is 49.6 Å². The molecule has 2 heterocycles. The average Bonchev–Trinajstić information content (AvgIpc) is 3.65. The molecule has 0 bridgehead atoms. The van der Waals surface area contributed by atoms with E-state index in [1.807, 2.05) is 6.07 Å². The number of carbonyl (C=O) groups excluding carboxylic acids is 2. The van der Waals surface area contributed by atoms with E-state index in [2.05, 4.69) is 10.3 Å². The third kappa shape index (κ3) is 6.51. The van der Waals surface area contributed by atoms with Crippen molar-refractivity contribution in [2.75, 3.05) is 11.5 Å². The Balaban J connectivity index is 1.60. The summed E-state index contributed by atoms with van der Waals surface area (Å²) in [6.45, 7) is 0.301. The fourth-order valence-electron chi connectivity index (χ4n) is 5.80. The Bertz CT molecular complexity index is 1630. The van der Waals surface area contributed by atoms with Crippen molar-refractivity contribution < 1.29 is 43.2 Å². The molecule has 45 heavy (non-hydrogen) atoms. The molecule has 12 nitrogen and oxygen atoms in total. The van der Waals surface area contributed by atoms with Crippen LogP contribution < -0.4 is 4.90 Å². The Morgan fingerprint density at radius 2 is 1.89 bits per heavy atom. The van der Waals surface area contributed by atoms with Gasteiger partial charge in [-0.25, -0.2) is 13.5 Å². The van der Waals surface area contributed by atoms with Gasteiger partial charge in [0, 0.05) is 23.2 Å². The van der Waals surface area contributed by atoms with Gasteiger partial charge in [-0.1, -0.05) is 28.4 Å². The lowest BCUT2D eigenvalue weighted by Gasteiger charge is -2.45. The van der Waals surface area contributed by atoms with Crippen molar-refractivity contribution in [1.29, 1.82) is 5.26 Å². The topological polar surface area (TPSA) is 171 Å². The van der Waals surface area contributed by atoms with E-state index in [4.69, 9.17) is 32.7 Å². The number of hydrogen-bond acceptors (Lipinski definition) is 10. The number of rotatable bonds is 7. The first-order valence-electron chi connectivity index (χ1n) is 13.8. The minimum Gasteiger partial charge on any atom is -0.457 e. The van der Waals surface area contributed by atoms with Crippen LogP contribution in [0.2, 0.25) is 10.0 Å². The molecule has 1 aliphatic heterocycles. The maximum Gasteiger partial charge on any atom is 0.303 e. The maximum atomic E-state index is 14.5. The predicted molar refractivity (Wildman–Crippen MR) is 154 cm³/mol. The van der Waals surface area contributed by atoms with Crippen molar-refractivity contribution in [2.45, 2.75) is 68.8 Å². The third-order valence-corrected chi connectivity index (χ3v) is 8.39. The van der Waals surface area contributed by atoms with Crippen molar-refractivity contribution in [1.82, 2.24) is 15.0 Å². The number of benzene rings is 2. The number of hydrogen-bond donors (Lipinski definition) is 3. The number of aliphatic hydroxyl groups is 3. The number of aromatic nitrogens is 3. The summed E-state index contributed by atoms with van der Waals surface area (Å²) < 4.78 is 40.8. The first-order chi connectivity index (χ1) is 21.4. The second-order valence-corrected chi connectivity index (χ2v) is 11.6. The number of ether oxygens (including phenoxy) is 2. The number of amides is 1. The molecule has 7 atom stereocenters. The molecule has 0 radical (unpaired) electrons. The van der Waals surface area contributed by atoms with E-state index < -0.39 is 77.7 Å². The van der Waals surface area contributed by atoms with Gasteiger partial charge in [-0.2, -0.15) is 5.26 Å². The van der Waals surface area contributed by atoms with E-state index in [-0.39, 0.29) is 27.5 Å². The summed E-state index contributed by atoms with van der Waals surface area (Å²) in [4.78, 5) is 28.1. The van der Waals surface area contributed by atoms with Crippen LogP contribution in [0.4, 0.5) is 14.5 Å². The number of nitriles is 1. The monoisotopic (exact) mass is 665 g/mol. The van der Waals surface area contributed by atoms with Gasteiger partial charge in [-0.3, -0.25) is 9.59 Å². The molecule has 16 heteroatoms. The molecule has 1 saturated heterocycles. The van der Waals surface area contributed by atoms with Crippen molar-refractivity contribution in [3.8, 4) is 17.3 Å². The van der Waals surface area contributed by atoms with Crippen LogP contribution in [0.3, 0.4) is 0 Å². The Kier molecular flexibility index (Phi) is 9.68. The second-order valence-electron chi connectivity index (χ2n) is 10.8. The molecule has 2 aliphatic rings. The molecule has 0 spiro atoms. The molecule has 5 rings (SSSR count). The van der Waals surface area contributed by atoms with Gasteiger partial charge in [0.25, 0.3) is 5.91 Å². The van der Waals surface area contributed by atoms with Gasteiger partial charge >= 0.3 is 5.97 Å². The maximum absolute atomic E-state index is 14.5. The minimum absolute atomic E-state index is 0.0479. The first kappa shape index (κ1) is 32.7. The molecule has 238 valence electrons. The highest BCUT2D eigenvalue weighted by Crippen LogP contribution is 2.38. The number of carbonyl (C=O) groups is 2. The summed E-state index contributed by atoms with van der Waals surface area (Å²) in [5.74, 6) is -3.78. The lowest BCUT2D eigenvalue weighted by atomic mass is 9.91. The van der Waals surface area contributed by atoms with E-state index in [0.717, 1.165) is 23.7 Å². The highest BCUT2D eigenvalue weighted by Gasteiger charge is 2.53. The lowest BCUT2D eigenvalue weighted by Crippen LogP contribution is -2.63. The van der Waals surface area contributed by atoms with E-state index in [0.29, 0.717) is 19.3 Å². The molecule has 1 aromatic heterocycles. The van der Waals surface area contributed by atoms with Crippen LogP contribution in [0.25, 0.3) is 11.3 Å². The van der Waals surface area contributed by atoms with E-state index >= 15 is 0 Å². The Morgan fingerprint density at radius 1 is 1.18 bits per heavy atom. The highest BCUT2D eigenvalue weighted by atomic mass is 35.5. The van der Waals surface area contributed by atoms with Crippen LogP contribution in [0.15, 0.2) is 36.5 Å². The van der Waals surface area contributed by atoms with Crippen molar-refractivity contribution in [2.24, 2.45) is 0 Å². The fourth-order valence-corrected chi connectivity index (χ4v) is 6.14. The molecule has 1 aliphatic carbocycles. The summed E-state index contributed by atoms with van der Waals surface area (Å²) in [5, 5.41) is 49.1. The molecular weight excluding hydrogens is 639 g/mol. The highest BCUT2D eigenvalue weighted by molar-refractivity contribution is 6.31. The number of aliphatic hydroxyl groups excluding tert-OH is 3. The van der Waals surface area contributed by atoms with Crippen molar-refractivity contribution >= 4 is 40.8 Å². The summed E-state index contributed by atoms with van der Waals surface area (Å²) in [6, 6.07) is 5.87. The number of anilines is 1. The molecule has 3 aromatic rings. The molecule has 0 unspecified atom stereocenters. The third-order valence-electron chi connectivity index (χ3n) is 7.81. The first-order valence-corrected chi connectivity index (χ1v) is 14.6. The van der Waals surface area contributed by atoms with Crippen LogP contribution in [-0.2, 0) is 19.1 Å². The van der Waals surface area contributed by atoms with Crippen LogP contribution in [0.1, 0.15) is 37.8 Å². The largest absolute Gasteiger partial charge is 0.457 e. The van der Waals surface area contributed by atoms with Gasteiger partial charge in [0.1, 0.15) is 40.6 Å². The van der Waals surface area contributed by atoms with Crippen LogP contribution in [-0.4, -0.2) is 85.4 Å². The Morgan fingerprint density at radius 3 is 2.49 bits per heavy atom. The smallest absolute Gasteiger partial charge is 0.303 e. The van der Waals surface area contributed by atoms with Crippen molar-refractivity contribution in [3.05, 3.63) is 63.8 Å². The van der Waals surface area contributed by atoms with E-state index in [1.54, 1.807) is 0 Å². The Labute approximate surface area is 265 Å². The molecule has 2 aromatic carbocycles. The molecule has 2 fully saturated rings. The summed E-state index contributed by atoms with van der Waals surface area (Å²) in [7, 11) is 0. The average molecular weight is 666 g/mol. The lowest BCUT2D eigenvalue weighted by molar-refractivity contribution is -0.216. The molecule has 3 N–H and O–H groups in total. The normalized spacial score (nSPS) is 26.3. The van der Waals surface area contributed by atoms with Crippen molar-refractivity contribution in [3.63, 3.8) is 0 Å². The van der Waals surface area contributed by atoms with Crippen LogP contribution >= 0.6 is 23.2 Å². The summed E-state index contributed by atoms with van der Waals surface area (Å²) >= 11 is 11.9. The number of nitrogens with zero attached hydrogens (tertiary/aromatic N) is 5. The Hall–Kier alpha value is -3.71. The SMILES string of the molecule is CC(=O)O[C@@H]1[C@@H](n2cc(-c3cc(F)c(Cl)c(F)c3)nn2)[C@@H](O)[C@@H](CO)O[C@H]1C(=O)N(c1cc(Cl)cc(C#N)c1)[C@H]1CCC[C@@H]1O. The fraction of sp³-hybridized carbons (Fsp3) is 0.414. The number of esters is 1. The van der Waals surface area contributed by atoms with Gasteiger partial charge < -0.3 is 29.7 Å². The van der Waals surface area contributed by atoms with Crippen LogP contribution in [0, 0.1) is 23.0 Å². The standard InChI is InChI=1S/C29H27Cl2F2N5O7/c1-13(40)44-27-25(37-11-20(35-36-37)15-7-18(32)24(31)19(33)8-15)26(42)23(12-39)45-28(27)29(43)38(21-3-2-4-22(21)41)17-6-14(10-34)5-16(30)9-17/h5-9,11,21-23,25-28,39,41-42H,2-4,12H2,1H3/t21-,22-,23+,25-,26-,27+,28+/m0/s1. The van der Waals surface area contributed by atoms with Gasteiger partial charge in [-0.15, -0.1) is 5.10 Å². The molecule has 1 amide bonds. The van der Waals surface area contributed by atoms with Gasteiger partial charge in [0.2, 0.25) is 0 Å². The van der Waals surface area contributed by atoms with Gasteiger partial charge in [0.15, 0.2) is 12.2 Å². The predicted octanol–water partition coefficient (Wildman–Crippen LogP) is 2.94. The summed E-state index contributed by atoms with van der Waals surface area (Å²) in [6.07, 6.45) is -4.71. The molecular formula is C29H27Cl2F2N5O7. The summed E-state index contributed by atoms with van der Waals surface area (Å²) in [5.41, 5.74) is 0.203. The quantitative estimate of drug-likeness (QED) is 0.252. The minimum atomic E-state index is -1.69. The second kappa shape index (κ2) is 13.3. The van der Waals surface area contributed by atoms with Crippen LogP contribution in [0.5, 0.6) is 0 Å². The van der Waals surface area contributed by atoms with E-state index in [9.17, 15) is 39.0 Å². The number of halogens is 4. The molecule has 1 saturated carbocycles. The van der Waals surface area contributed by atoms with Gasteiger partial charge in [0.05, 0.1) is 36.6 Å². The zero-order valence-corrected chi connectivity index (χ0v) is 25.1. The zero-order chi connectivity index (χ0) is 32.6. The zero-order valence-electron chi connectivity index (χ0n) is 23.6. The van der Waals surface area contributed by atoms with E-state index in [1.165, 1.54) is 29.3 Å².